The largest absolute Gasteiger partial charge is 0.345 e. The van der Waals surface area contributed by atoms with Crippen molar-refractivity contribution in [3.63, 3.8) is 0 Å². The number of carbonyl (C=O) groups is 2. The van der Waals surface area contributed by atoms with Gasteiger partial charge in [-0.1, -0.05) is 53.2 Å². The normalized spacial score (nSPS) is 16.5. The van der Waals surface area contributed by atoms with Crippen molar-refractivity contribution < 1.29 is 22.5 Å². The minimum Gasteiger partial charge on any atom is -0.345 e. The summed E-state index contributed by atoms with van der Waals surface area (Å²) in [6.07, 6.45) is 0.0801. The summed E-state index contributed by atoms with van der Waals surface area (Å²) in [5.74, 6) is -0.653. The number of carbonyl (C=O) groups excluding carboxylic acids is 2. The van der Waals surface area contributed by atoms with Gasteiger partial charge >= 0.3 is 0 Å². The summed E-state index contributed by atoms with van der Waals surface area (Å²) in [5.41, 5.74) is 1.65. The van der Waals surface area contributed by atoms with Crippen molar-refractivity contribution in [2.45, 2.75) is 37.2 Å². The molecule has 9 nitrogen and oxygen atoms in total. The van der Waals surface area contributed by atoms with Crippen LogP contribution in [0.1, 0.15) is 24.3 Å². The molecule has 1 aliphatic heterocycles. The molecule has 0 radical (unpaired) electrons. The van der Waals surface area contributed by atoms with Gasteiger partial charge in [0.25, 0.3) is 10.0 Å². The fraction of sp³-hybridized carbons (Fsp3) is 0.238. The summed E-state index contributed by atoms with van der Waals surface area (Å²) in [6.45, 7) is 1.75. The first kappa shape index (κ1) is 20.7. The highest BCUT2D eigenvalue weighted by Gasteiger charge is 2.44. The van der Waals surface area contributed by atoms with Crippen LogP contribution < -0.4 is 5.32 Å². The maximum absolute atomic E-state index is 13.0. The van der Waals surface area contributed by atoms with E-state index in [0.717, 1.165) is 11.1 Å². The Labute approximate surface area is 179 Å². The number of hydrogen-bond donors (Lipinski definition) is 1. The number of benzene rings is 2. The first-order valence-corrected chi connectivity index (χ1v) is 11.1. The SMILES string of the molecule is Cc1ccc(S(=O)(=O)N2C(=O)CC[C@@H]2C(=O)NCc2nc(-c3ccccc3)no2)cc1. The van der Waals surface area contributed by atoms with Gasteiger partial charge in [-0.25, -0.2) is 12.7 Å². The Bertz CT molecular complexity index is 1210. The third-order valence-corrected chi connectivity index (χ3v) is 6.80. The minimum atomic E-state index is -4.14. The van der Waals surface area contributed by atoms with Crippen molar-refractivity contribution in [3.8, 4) is 11.4 Å². The summed E-state index contributed by atoms with van der Waals surface area (Å²) >= 11 is 0. The first-order valence-electron chi connectivity index (χ1n) is 9.66. The molecule has 1 N–H and O–H groups in total. The van der Waals surface area contributed by atoms with Crippen molar-refractivity contribution in [1.82, 2.24) is 19.8 Å². The molecule has 2 aromatic carbocycles. The topological polar surface area (TPSA) is 122 Å². The van der Waals surface area contributed by atoms with Crippen molar-refractivity contribution in [3.05, 3.63) is 66.1 Å². The van der Waals surface area contributed by atoms with Gasteiger partial charge in [-0.2, -0.15) is 4.98 Å². The van der Waals surface area contributed by atoms with Gasteiger partial charge in [0.2, 0.25) is 23.5 Å². The average molecular weight is 440 g/mol. The lowest BCUT2D eigenvalue weighted by Gasteiger charge is -2.23. The Morgan fingerprint density at radius 2 is 1.87 bits per heavy atom. The summed E-state index contributed by atoms with van der Waals surface area (Å²) in [6, 6.07) is 14.2. The molecule has 1 aliphatic rings. The van der Waals surface area contributed by atoms with Crippen LogP contribution in [0.5, 0.6) is 0 Å². The average Bonchev–Trinajstić information content (AvgIpc) is 3.40. The van der Waals surface area contributed by atoms with Gasteiger partial charge in [0.05, 0.1) is 11.4 Å². The molecule has 3 aromatic rings. The number of nitrogens with zero attached hydrogens (tertiary/aromatic N) is 3. The summed E-state index contributed by atoms with van der Waals surface area (Å²) in [4.78, 5) is 29.3. The molecule has 0 aliphatic carbocycles. The molecule has 2 amide bonds. The van der Waals surface area contributed by atoms with E-state index in [0.29, 0.717) is 10.1 Å². The maximum atomic E-state index is 13.0. The van der Waals surface area contributed by atoms with Crippen molar-refractivity contribution in [2.75, 3.05) is 0 Å². The van der Waals surface area contributed by atoms with Gasteiger partial charge in [0.1, 0.15) is 6.04 Å². The quantitative estimate of drug-likeness (QED) is 0.622. The lowest BCUT2D eigenvalue weighted by atomic mass is 10.2. The predicted molar refractivity (Wildman–Crippen MR) is 110 cm³/mol. The zero-order chi connectivity index (χ0) is 22.0. The molecule has 160 valence electrons. The van der Waals surface area contributed by atoms with Gasteiger partial charge in [0.15, 0.2) is 0 Å². The van der Waals surface area contributed by atoms with Crippen LogP contribution in [0.2, 0.25) is 0 Å². The second-order valence-corrected chi connectivity index (χ2v) is 8.97. The molecule has 1 aromatic heterocycles. The number of aryl methyl sites for hydroxylation is 1. The number of sulfonamides is 1. The van der Waals surface area contributed by atoms with Crippen molar-refractivity contribution >= 4 is 21.8 Å². The maximum Gasteiger partial charge on any atom is 0.267 e. The molecule has 10 heteroatoms. The Kier molecular flexibility index (Phi) is 5.55. The zero-order valence-electron chi connectivity index (χ0n) is 16.7. The first-order chi connectivity index (χ1) is 14.9. The Morgan fingerprint density at radius 1 is 1.16 bits per heavy atom. The van der Waals surface area contributed by atoms with Crippen LogP contribution in [0, 0.1) is 6.92 Å². The van der Waals surface area contributed by atoms with Crippen molar-refractivity contribution in [1.29, 1.82) is 0 Å². The van der Waals surface area contributed by atoms with Gasteiger partial charge in [-0.05, 0) is 25.5 Å². The van der Waals surface area contributed by atoms with E-state index < -0.39 is 27.9 Å². The molecular formula is C21H20N4O5S. The second-order valence-electron chi connectivity index (χ2n) is 7.16. The van der Waals surface area contributed by atoms with Crippen LogP contribution in [0.3, 0.4) is 0 Å². The van der Waals surface area contributed by atoms with Gasteiger partial charge in [-0.15, -0.1) is 0 Å². The lowest BCUT2D eigenvalue weighted by Crippen LogP contribution is -2.47. The molecular weight excluding hydrogens is 420 g/mol. The van der Waals surface area contributed by atoms with Crippen LogP contribution in [0.15, 0.2) is 64.0 Å². The minimum absolute atomic E-state index is 0.0259. The fourth-order valence-corrected chi connectivity index (χ4v) is 4.94. The molecule has 4 rings (SSSR count). The van der Waals surface area contributed by atoms with Crippen LogP contribution in [0.4, 0.5) is 0 Å². The van der Waals surface area contributed by atoms with Gasteiger partial charge < -0.3 is 9.84 Å². The number of nitrogens with one attached hydrogen (secondary N) is 1. The summed E-state index contributed by atoms with van der Waals surface area (Å²) in [7, 11) is -4.14. The van der Waals surface area contributed by atoms with Crippen LogP contribution in [-0.2, 0) is 26.2 Å². The Morgan fingerprint density at radius 3 is 2.58 bits per heavy atom. The van der Waals surface area contributed by atoms with Crippen LogP contribution >= 0.6 is 0 Å². The van der Waals surface area contributed by atoms with Gasteiger partial charge in [-0.3, -0.25) is 9.59 Å². The van der Waals surface area contributed by atoms with Crippen LogP contribution in [0.25, 0.3) is 11.4 Å². The van der Waals surface area contributed by atoms with E-state index in [-0.39, 0.29) is 30.2 Å². The molecule has 0 unspecified atom stereocenters. The van der Waals surface area contributed by atoms with Crippen molar-refractivity contribution in [2.24, 2.45) is 0 Å². The molecule has 2 heterocycles. The second kappa shape index (κ2) is 8.31. The molecule has 0 bridgehead atoms. The third-order valence-electron chi connectivity index (χ3n) is 4.95. The molecule has 1 atom stereocenters. The molecule has 0 spiro atoms. The smallest absolute Gasteiger partial charge is 0.267 e. The summed E-state index contributed by atoms with van der Waals surface area (Å²) < 4.78 is 31.8. The molecule has 1 saturated heterocycles. The lowest BCUT2D eigenvalue weighted by molar-refractivity contribution is -0.130. The van der Waals surface area contributed by atoms with E-state index in [1.165, 1.54) is 12.1 Å². The monoisotopic (exact) mass is 440 g/mol. The highest BCUT2D eigenvalue weighted by Crippen LogP contribution is 2.27. The van der Waals surface area contributed by atoms with E-state index in [1.54, 1.807) is 12.1 Å². The van der Waals surface area contributed by atoms with E-state index in [4.69, 9.17) is 4.52 Å². The molecule has 0 saturated carbocycles. The third kappa shape index (κ3) is 4.19. The highest BCUT2D eigenvalue weighted by atomic mass is 32.2. The van der Waals surface area contributed by atoms with Crippen LogP contribution in [-0.4, -0.2) is 40.7 Å². The molecule has 31 heavy (non-hydrogen) atoms. The van der Waals surface area contributed by atoms with E-state index in [9.17, 15) is 18.0 Å². The number of amides is 2. The zero-order valence-corrected chi connectivity index (χ0v) is 17.5. The van der Waals surface area contributed by atoms with E-state index in [2.05, 4.69) is 15.5 Å². The van der Waals surface area contributed by atoms with E-state index in [1.807, 2.05) is 37.3 Å². The van der Waals surface area contributed by atoms with E-state index >= 15 is 0 Å². The Hall–Kier alpha value is -3.53. The highest BCUT2D eigenvalue weighted by molar-refractivity contribution is 7.89. The summed E-state index contributed by atoms with van der Waals surface area (Å²) in [5, 5.41) is 6.47. The predicted octanol–water partition coefficient (Wildman–Crippen LogP) is 2.04. The van der Waals surface area contributed by atoms with Gasteiger partial charge in [0, 0.05) is 12.0 Å². The number of aromatic nitrogens is 2. The molecule has 1 fully saturated rings. The number of hydrogen-bond acceptors (Lipinski definition) is 7. The standard InChI is InChI=1S/C21H20N4O5S/c1-14-7-9-16(10-8-14)31(28,29)25-17(11-12-19(25)26)21(27)22-13-18-23-20(24-30-18)15-5-3-2-4-6-15/h2-10,17H,11-13H2,1H3,(H,22,27)/t17-/m1/s1. The fourth-order valence-electron chi connectivity index (χ4n) is 3.34. The Balaban J connectivity index is 1.47. The number of rotatable bonds is 6.